The van der Waals surface area contributed by atoms with E-state index in [1.54, 1.807) is 6.33 Å². The first kappa shape index (κ1) is 12.6. The molecule has 3 rings (SSSR count). The summed E-state index contributed by atoms with van der Waals surface area (Å²) in [5.74, 6) is 1.91. The molecule has 6 heteroatoms. The monoisotopic (exact) mass is 262 g/mol. The maximum absolute atomic E-state index is 5.94. The van der Waals surface area contributed by atoms with Crippen molar-refractivity contribution in [3.8, 4) is 0 Å². The number of nitrogens with one attached hydrogen (secondary N) is 1. The number of nitrogens with zero attached hydrogens (tertiary/aromatic N) is 4. The molecule has 2 fully saturated rings. The molecule has 1 aromatic heterocycles. The Bertz CT molecular complexity index is 437. The first-order valence-corrected chi connectivity index (χ1v) is 6.98. The van der Waals surface area contributed by atoms with Crippen molar-refractivity contribution in [2.24, 2.45) is 5.73 Å². The third kappa shape index (κ3) is 2.96. The van der Waals surface area contributed by atoms with E-state index in [2.05, 4.69) is 32.1 Å². The fraction of sp³-hybridized carbons (Fsp3) is 0.692. The molecule has 3 N–H and O–H groups in total. The SMILES string of the molecule is CN1CCC(Nc2cc(N3CCC(N)C3)ncn2)C1. The van der Waals surface area contributed by atoms with E-state index in [0.29, 0.717) is 6.04 Å². The fourth-order valence-electron chi connectivity index (χ4n) is 2.86. The summed E-state index contributed by atoms with van der Waals surface area (Å²) in [5.41, 5.74) is 5.94. The van der Waals surface area contributed by atoms with Gasteiger partial charge in [0.25, 0.3) is 0 Å². The quantitative estimate of drug-likeness (QED) is 0.807. The third-order valence-corrected chi connectivity index (χ3v) is 3.94. The van der Waals surface area contributed by atoms with Gasteiger partial charge in [0.2, 0.25) is 0 Å². The van der Waals surface area contributed by atoms with Gasteiger partial charge in [-0.1, -0.05) is 0 Å². The van der Waals surface area contributed by atoms with Crippen LogP contribution in [-0.2, 0) is 0 Å². The summed E-state index contributed by atoms with van der Waals surface area (Å²) in [6, 6.07) is 2.81. The molecular formula is C13H22N6. The van der Waals surface area contributed by atoms with Gasteiger partial charge in [0.05, 0.1) is 0 Å². The van der Waals surface area contributed by atoms with Crippen molar-refractivity contribution < 1.29 is 0 Å². The van der Waals surface area contributed by atoms with Crippen LogP contribution in [0.2, 0.25) is 0 Å². The van der Waals surface area contributed by atoms with E-state index >= 15 is 0 Å². The van der Waals surface area contributed by atoms with Crippen LogP contribution >= 0.6 is 0 Å². The van der Waals surface area contributed by atoms with Gasteiger partial charge in [0.1, 0.15) is 18.0 Å². The summed E-state index contributed by atoms with van der Waals surface area (Å²) >= 11 is 0. The van der Waals surface area contributed by atoms with Gasteiger partial charge in [0.15, 0.2) is 0 Å². The molecule has 0 bridgehead atoms. The number of aromatic nitrogens is 2. The van der Waals surface area contributed by atoms with E-state index in [1.165, 1.54) is 6.42 Å². The molecule has 2 saturated heterocycles. The van der Waals surface area contributed by atoms with Crippen LogP contribution in [0.3, 0.4) is 0 Å². The highest BCUT2D eigenvalue weighted by molar-refractivity contribution is 5.49. The van der Waals surface area contributed by atoms with Crippen LogP contribution in [0.25, 0.3) is 0 Å². The van der Waals surface area contributed by atoms with Gasteiger partial charge in [-0.25, -0.2) is 9.97 Å². The molecule has 104 valence electrons. The zero-order valence-corrected chi connectivity index (χ0v) is 11.4. The normalized spacial score (nSPS) is 28.0. The largest absolute Gasteiger partial charge is 0.366 e. The summed E-state index contributed by atoms with van der Waals surface area (Å²) in [7, 11) is 2.15. The van der Waals surface area contributed by atoms with Gasteiger partial charge in [-0.15, -0.1) is 0 Å². The van der Waals surface area contributed by atoms with Crippen LogP contribution in [0.15, 0.2) is 12.4 Å². The van der Waals surface area contributed by atoms with Crippen LogP contribution in [0.5, 0.6) is 0 Å². The Morgan fingerprint density at radius 2 is 2.16 bits per heavy atom. The average molecular weight is 262 g/mol. The average Bonchev–Trinajstić information content (AvgIpc) is 2.99. The van der Waals surface area contributed by atoms with Crippen molar-refractivity contribution in [1.29, 1.82) is 0 Å². The second-order valence-electron chi connectivity index (χ2n) is 5.65. The lowest BCUT2D eigenvalue weighted by Gasteiger charge is -2.18. The minimum Gasteiger partial charge on any atom is -0.366 e. The Hall–Kier alpha value is -1.40. The number of rotatable bonds is 3. The zero-order chi connectivity index (χ0) is 13.2. The Kier molecular flexibility index (Phi) is 3.52. The topological polar surface area (TPSA) is 70.3 Å². The van der Waals surface area contributed by atoms with E-state index in [9.17, 15) is 0 Å². The highest BCUT2D eigenvalue weighted by Gasteiger charge is 2.22. The molecule has 2 aliphatic heterocycles. The molecular weight excluding hydrogens is 240 g/mol. The summed E-state index contributed by atoms with van der Waals surface area (Å²) in [5, 5.41) is 3.50. The van der Waals surface area contributed by atoms with Gasteiger partial charge in [-0.3, -0.25) is 0 Å². The molecule has 2 unspecified atom stereocenters. The maximum atomic E-state index is 5.94. The number of nitrogens with two attached hydrogens (primary N) is 1. The predicted molar refractivity (Wildman–Crippen MR) is 76.4 cm³/mol. The van der Waals surface area contributed by atoms with Gasteiger partial charge in [0, 0.05) is 37.8 Å². The Morgan fingerprint density at radius 3 is 2.84 bits per heavy atom. The van der Waals surface area contributed by atoms with Crippen molar-refractivity contribution >= 4 is 11.6 Å². The summed E-state index contributed by atoms with van der Waals surface area (Å²) in [6.45, 7) is 4.11. The predicted octanol–water partition coefficient (Wildman–Crippen LogP) is 0.130. The molecule has 6 nitrogen and oxygen atoms in total. The molecule has 19 heavy (non-hydrogen) atoms. The van der Waals surface area contributed by atoms with Crippen molar-refractivity contribution in [3.05, 3.63) is 12.4 Å². The second kappa shape index (κ2) is 5.30. The molecule has 1 aromatic rings. The van der Waals surface area contributed by atoms with Crippen LogP contribution in [0.4, 0.5) is 11.6 Å². The fourth-order valence-corrected chi connectivity index (χ4v) is 2.86. The summed E-state index contributed by atoms with van der Waals surface area (Å²) in [6.07, 6.45) is 3.85. The van der Waals surface area contributed by atoms with Crippen LogP contribution in [0, 0.1) is 0 Å². The summed E-state index contributed by atoms with van der Waals surface area (Å²) in [4.78, 5) is 13.2. The molecule has 3 heterocycles. The molecule has 0 aromatic carbocycles. The lowest BCUT2D eigenvalue weighted by molar-refractivity contribution is 0.414. The molecule has 0 amide bonds. The number of anilines is 2. The standard InChI is InChI=1S/C13H22N6/c1-18-4-3-11(8-18)17-12-6-13(16-9-15-12)19-5-2-10(14)7-19/h6,9-11H,2-5,7-8,14H2,1H3,(H,15,16,17). The Balaban J connectivity index is 1.66. The summed E-state index contributed by atoms with van der Waals surface area (Å²) < 4.78 is 0. The van der Waals surface area contributed by atoms with Crippen molar-refractivity contribution in [1.82, 2.24) is 14.9 Å². The van der Waals surface area contributed by atoms with E-state index < -0.39 is 0 Å². The molecule has 0 radical (unpaired) electrons. The molecule has 2 atom stereocenters. The van der Waals surface area contributed by atoms with E-state index in [1.807, 2.05) is 6.07 Å². The van der Waals surface area contributed by atoms with Crippen molar-refractivity contribution in [2.45, 2.75) is 24.9 Å². The first-order chi connectivity index (χ1) is 9.20. The first-order valence-electron chi connectivity index (χ1n) is 6.98. The molecule has 0 saturated carbocycles. The van der Waals surface area contributed by atoms with Gasteiger partial charge in [-0.05, 0) is 26.4 Å². The van der Waals surface area contributed by atoms with E-state index in [-0.39, 0.29) is 6.04 Å². The van der Waals surface area contributed by atoms with Crippen LogP contribution in [0.1, 0.15) is 12.8 Å². The highest BCUT2D eigenvalue weighted by Crippen LogP contribution is 2.20. The molecule has 0 aliphatic carbocycles. The number of hydrogen-bond donors (Lipinski definition) is 2. The lowest BCUT2D eigenvalue weighted by atomic mass is 10.2. The van der Waals surface area contributed by atoms with E-state index in [4.69, 9.17) is 5.73 Å². The Labute approximate surface area is 114 Å². The lowest BCUT2D eigenvalue weighted by Crippen LogP contribution is -2.27. The smallest absolute Gasteiger partial charge is 0.134 e. The highest BCUT2D eigenvalue weighted by atomic mass is 15.2. The minimum atomic E-state index is 0.273. The minimum absolute atomic E-state index is 0.273. The van der Waals surface area contributed by atoms with Crippen LogP contribution < -0.4 is 16.0 Å². The second-order valence-corrected chi connectivity index (χ2v) is 5.65. The van der Waals surface area contributed by atoms with Crippen LogP contribution in [-0.4, -0.2) is 60.2 Å². The van der Waals surface area contributed by atoms with Gasteiger partial charge >= 0.3 is 0 Å². The number of hydrogen-bond acceptors (Lipinski definition) is 6. The molecule has 2 aliphatic rings. The van der Waals surface area contributed by atoms with Gasteiger partial charge < -0.3 is 20.9 Å². The van der Waals surface area contributed by atoms with Gasteiger partial charge in [-0.2, -0.15) is 0 Å². The van der Waals surface area contributed by atoms with E-state index in [0.717, 1.165) is 44.2 Å². The molecule has 0 spiro atoms. The van der Waals surface area contributed by atoms with Crippen molar-refractivity contribution in [2.75, 3.05) is 43.4 Å². The zero-order valence-electron chi connectivity index (χ0n) is 11.4. The number of likely N-dealkylation sites (N-methyl/N-ethyl adjacent to an activating group) is 1. The number of likely N-dealkylation sites (tertiary alicyclic amines) is 1. The Morgan fingerprint density at radius 1 is 1.26 bits per heavy atom. The third-order valence-electron chi connectivity index (χ3n) is 3.94. The van der Waals surface area contributed by atoms with Crippen molar-refractivity contribution in [3.63, 3.8) is 0 Å². The maximum Gasteiger partial charge on any atom is 0.134 e.